The van der Waals surface area contributed by atoms with Crippen molar-refractivity contribution in [2.24, 2.45) is 0 Å². The molecule has 2 aromatic carbocycles. The fraction of sp³-hybridized carbons (Fsp3) is 0.391. The number of hydrogen-bond acceptors (Lipinski definition) is 4. The van der Waals surface area contributed by atoms with Crippen molar-refractivity contribution < 1.29 is 23.5 Å². The van der Waals surface area contributed by atoms with Crippen molar-refractivity contribution in [3.8, 4) is 11.5 Å². The van der Waals surface area contributed by atoms with Gasteiger partial charge in [0, 0.05) is 12.6 Å². The highest BCUT2D eigenvalue weighted by molar-refractivity contribution is 6.32. The van der Waals surface area contributed by atoms with Crippen LogP contribution in [-0.4, -0.2) is 42.1 Å². The lowest BCUT2D eigenvalue weighted by molar-refractivity contribution is -0.120. The van der Waals surface area contributed by atoms with Gasteiger partial charge < -0.3 is 14.4 Å². The summed E-state index contributed by atoms with van der Waals surface area (Å²) in [4.78, 5) is 28.0. The van der Waals surface area contributed by atoms with Gasteiger partial charge in [-0.25, -0.2) is 14.1 Å². The van der Waals surface area contributed by atoms with Crippen LogP contribution in [-0.2, 0) is 4.79 Å². The summed E-state index contributed by atoms with van der Waals surface area (Å²) in [7, 11) is 0. The number of urea groups is 1. The molecule has 2 aliphatic heterocycles. The summed E-state index contributed by atoms with van der Waals surface area (Å²) in [5.74, 6) is -0.268. The molecule has 0 bridgehead atoms. The summed E-state index contributed by atoms with van der Waals surface area (Å²) in [6.45, 7) is 4.52. The predicted octanol–water partition coefficient (Wildman–Crippen LogP) is 4.95. The average molecular weight is 447 g/mol. The normalized spacial score (nSPS) is 19.4. The standard InChI is InChI=1S/C23H24ClFN2O4/c1-14-6-8-16(9-7-14)30-13-15(2)31-21-12-20(18(25)11-17(21)24)27-22(28)19-5-3-4-10-26(19)23(27)29/h6-9,11-12,15,19H,3-5,10,13H2,1-2H3. The molecule has 2 heterocycles. The number of fused-ring (bicyclic) bond motifs is 1. The molecule has 0 aliphatic carbocycles. The van der Waals surface area contributed by atoms with Gasteiger partial charge in [0.05, 0.1) is 10.7 Å². The number of amides is 3. The summed E-state index contributed by atoms with van der Waals surface area (Å²) in [5.41, 5.74) is 0.986. The van der Waals surface area contributed by atoms with Gasteiger partial charge >= 0.3 is 6.03 Å². The average Bonchev–Trinajstić information content (AvgIpc) is 3.00. The number of imide groups is 1. The third-order valence-electron chi connectivity index (χ3n) is 5.52. The van der Waals surface area contributed by atoms with Gasteiger partial charge in [-0.05, 0) is 51.3 Å². The molecular weight excluding hydrogens is 423 g/mol. The molecule has 6 nitrogen and oxygen atoms in total. The van der Waals surface area contributed by atoms with Gasteiger partial charge in [-0.1, -0.05) is 29.3 Å². The van der Waals surface area contributed by atoms with E-state index in [0.29, 0.717) is 18.7 Å². The molecule has 2 atom stereocenters. The van der Waals surface area contributed by atoms with E-state index in [4.69, 9.17) is 21.1 Å². The molecule has 164 valence electrons. The number of rotatable bonds is 6. The van der Waals surface area contributed by atoms with Gasteiger partial charge in [-0.2, -0.15) is 0 Å². The Bertz CT molecular complexity index is 974. The SMILES string of the molecule is Cc1ccc(OCC(C)Oc2cc(N3C(=O)C4CCCCN4C3=O)c(F)cc2Cl)cc1. The number of anilines is 1. The Hall–Kier alpha value is -2.80. The Kier molecular flexibility index (Phi) is 6.05. The molecule has 0 N–H and O–H groups in total. The Labute approximate surface area is 185 Å². The van der Waals surface area contributed by atoms with Crippen LogP contribution in [0.2, 0.25) is 5.02 Å². The monoisotopic (exact) mass is 446 g/mol. The van der Waals surface area contributed by atoms with E-state index < -0.39 is 29.9 Å². The van der Waals surface area contributed by atoms with Crippen molar-refractivity contribution in [3.05, 3.63) is 52.8 Å². The van der Waals surface area contributed by atoms with E-state index >= 15 is 0 Å². The van der Waals surface area contributed by atoms with E-state index in [-0.39, 0.29) is 23.1 Å². The molecule has 2 saturated heterocycles. The molecule has 4 rings (SSSR count). The molecule has 31 heavy (non-hydrogen) atoms. The number of hydrogen-bond donors (Lipinski definition) is 0. The van der Waals surface area contributed by atoms with Crippen LogP contribution in [0.15, 0.2) is 36.4 Å². The molecule has 0 saturated carbocycles. The number of aryl methyl sites for hydroxylation is 1. The van der Waals surface area contributed by atoms with Gasteiger partial charge in [-0.15, -0.1) is 0 Å². The minimum absolute atomic E-state index is 0.0558. The van der Waals surface area contributed by atoms with Crippen molar-refractivity contribution in [1.29, 1.82) is 0 Å². The zero-order chi connectivity index (χ0) is 22.1. The second kappa shape index (κ2) is 8.75. The van der Waals surface area contributed by atoms with Crippen molar-refractivity contribution >= 4 is 29.2 Å². The summed E-state index contributed by atoms with van der Waals surface area (Å²) in [5, 5.41) is 0.0558. The molecule has 2 aromatic rings. The first-order valence-electron chi connectivity index (χ1n) is 10.3. The summed E-state index contributed by atoms with van der Waals surface area (Å²) >= 11 is 6.18. The van der Waals surface area contributed by atoms with Gasteiger partial charge in [0.25, 0.3) is 5.91 Å². The van der Waals surface area contributed by atoms with E-state index in [1.165, 1.54) is 11.0 Å². The van der Waals surface area contributed by atoms with E-state index in [2.05, 4.69) is 0 Å². The van der Waals surface area contributed by atoms with Crippen LogP contribution in [0.5, 0.6) is 11.5 Å². The lowest BCUT2D eigenvalue weighted by Gasteiger charge is -2.26. The van der Waals surface area contributed by atoms with Crippen LogP contribution < -0.4 is 14.4 Å². The number of nitrogens with zero attached hydrogens (tertiary/aromatic N) is 2. The number of ether oxygens (including phenoxy) is 2. The molecule has 0 spiro atoms. The van der Waals surface area contributed by atoms with Crippen LogP contribution >= 0.6 is 11.6 Å². The predicted molar refractivity (Wildman–Crippen MR) is 115 cm³/mol. The molecule has 2 aliphatic rings. The summed E-state index contributed by atoms with van der Waals surface area (Å²) in [6, 6.07) is 8.98. The highest BCUT2D eigenvalue weighted by Gasteiger charge is 2.47. The third-order valence-corrected chi connectivity index (χ3v) is 5.82. The first-order valence-corrected chi connectivity index (χ1v) is 10.7. The van der Waals surface area contributed by atoms with Crippen molar-refractivity contribution in [3.63, 3.8) is 0 Å². The molecule has 2 unspecified atom stereocenters. The lowest BCUT2D eigenvalue weighted by atomic mass is 10.0. The Morgan fingerprint density at radius 1 is 1.19 bits per heavy atom. The van der Waals surface area contributed by atoms with Gasteiger partial charge in [0.15, 0.2) is 0 Å². The maximum Gasteiger partial charge on any atom is 0.332 e. The first kappa shape index (κ1) is 21.4. The summed E-state index contributed by atoms with van der Waals surface area (Å²) in [6.07, 6.45) is 1.88. The maximum atomic E-state index is 14.7. The number of piperidine rings is 1. The Balaban J connectivity index is 1.50. The van der Waals surface area contributed by atoms with Crippen molar-refractivity contribution in [2.75, 3.05) is 18.1 Å². The second-order valence-corrected chi connectivity index (χ2v) is 8.35. The van der Waals surface area contributed by atoms with Gasteiger partial charge in [0.1, 0.15) is 36.1 Å². The Morgan fingerprint density at radius 2 is 1.94 bits per heavy atom. The molecule has 2 fully saturated rings. The quantitative estimate of drug-likeness (QED) is 0.589. The van der Waals surface area contributed by atoms with Crippen LogP contribution in [0, 0.1) is 12.7 Å². The molecule has 0 aromatic heterocycles. The largest absolute Gasteiger partial charge is 0.490 e. The van der Waals surface area contributed by atoms with Crippen LogP contribution in [0.1, 0.15) is 31.7 Å². The van der Waals surface area contributed by atoms with E-state index in [0.717, 1.165) is 29.4 Å². The highest BCUT2D eigenvalue weighted by atomic mass is 35.5. The number of halogens is 2. The topological polar surface area (TPSA) is 59.1 Å². The van der Waals surface area contributed by atoms with E-state index in [9.17, 15) is 14.0 Å². The Morgan fingerprint density at radius 3 is 2.65 bits per heavy atom. The van der Waals surface area contributed by atoms with Crippen LogP contribution in [0.4, 0.5) is 14.9 Å². The molecule has 3 amide bonds. The second-order valence-electron chi connectivity index (χ2n) is 7.95. The highest BCUT2D eigenvalue weighted by Crippen LogP contribution is 2.37. The smallest absolute Gasteiger partial charge is 0.332 e. The van der Waals surface area contributed by atoms with Crippen LogP contribution in [0.3, 0.4) is 0 Å². The van der Waals surface area contributed by atoms with Crippen molar-refractivity contribution in [1.82, 2.24) is 4.90 Å². The van der Waals surface area contributed by atoms with Crippen LogP contribution in [0.25, 0.3) is 0 Å². The van der Waals surface area contributed by atoms with Gasteiger partial charge in [-0.3, -0.25) is 4.79 Å². The molecular formula is C23H24ClFN2O4. The molecule has 0 radical (unpaired) electrons. The van der Waals surface area contributed by atoms with Crippen molar-refractivity contribution in [2.45, 2.75) is 45.3 Å². The maximum absolute atomic E-state index is 14.7. The number of benzene rings is 2. The van der Waals surface area contributed by atoms with E-state index in [1.54, 1.807) is 6.92 Å². The summed E-state index contributed by atoms with van der Waals surface area (Å²) < 4.78 is 26.3. The lowest BCUT2D eigenvalue weighted by Crippen LogP contribution is -2.39. The minimum Gasteiger partial charge on any atom is -0.490 e. The van der Waals surface area contributed by atoms with Gasteiger partial charge in [0.2, 0.25) is 0 Å². The minimum atomic E-state index is -0.748. The number of carbonyl (C=O) groups is 2. The van der Waals surface area contributed by atoms with E-state index in [1.807, 2.05) is 31.2 Å². The molecule has 8 heteroatoms. The fourth-order valence-corrected chi connectivity index (χ4v) is 4.08. The fourth-order valence-electron chi connectivity index (χ4n) is 3.89. The first-order chi connectivity index (χ1) is 14.8. The third kappa shape index (κ3) is 4.32. The zero-order valence-electron chi connectivity index (χ0n) is 17.4. The zero-order valence-corrected chi connectivity index (χ0v) is 18.2. The number of carbonyl (C=O) groups excluding carboxylic acids is 2.